The smallest absolute Gasteiger partial charge is 0.325 e. The molecule has 1 heterocycles. The Bertz CT molecular complexity index is 322. The fraction of sp³-hybridized carbons (Fsp3) is 0.556. The Morgan fingerprint density at radius 2 is 2.21 bits per heavy atom. The minimum Gasteiger partial charge on any atom is -0.480 e. The molecule has 1 rings (SSSR count). The summed E-state index contributed by atoms with van der Waals surface area (Å²) in [6, 6.07) is -0.596. The number of carboxylic acids is 1. The van der Waals surface area contributed by atoms with Crippen LogP contribution in [-0.2, 0) is 4.79 Å². The van der Waals surface area contributed by atoms with Crippen LogP contribution in [0.3, 0.4) is 0 Å². The molecule has 14 heavy (non-hydrogen) atoms. The summed E-state index contributed by atoms with van der Waals surface area (Å²) in [7, 11) is 0. The molecule has 0 spiro atoms. The number of hydrogen-bond acceptors (Lipinski definition) is 4. The highest BCUT2D eigenvalue weighted by Gasteiger charge is 2.12. The van der Waals surface area contributed by atoms with E-state index in [9.17, 15) is 4.79 Å². The quantitative estimate of drug-likeness (QED) is 0.806. The molecule has 0 aromatic carbocycles. The Hall–Kier alpha value is -1.10. The first-order valence-corrected chi connectivity index (χ1v) is 5.27. The minimum absolute atomic E-state index is 0.434. The van der Waals surface area contributed by atoms with E-state index >= 15 is 0 Å². The largest absolute Gasteiger partial charge is 0.480 e. The van der Waals surface area contributed by atoms with Gasteiger partial charge in [0, 0.05) is 11.1 Å². The Kier molecular flexibility index (Phi) is 3.46. The number of carboxylic acid groups (broad SMARTS) is 1. The summed E-state index contributed by atoms with van der Waals surface area (Å²) in [6.45, 7) is 5.76. The molecular weight excluding hydrogens is 200 g/mol. The predicted octanol–water partition coefficient (Wildman–Crippen LogP) is 2.15. The van der Waals surface area contributed by atoms with Gasteiger partial charge in [0.15, 0.2) is 5.13 Å². The van der Waals surface area contributed by atoms with E-state index in [4.69, 9.17) is 5.11 Å². The van der Waals surface area contributed by atoms with Crippen molar-refractivity contribution in [3.05, 3.63) is 11.1 Å². The summed E-state index contributed by atoms with van der Waals surface area (Å²) in [4.78, 5) is 15.8. The average molecular weight is 214 g/mol. The summed E-state index contributed by atoms with van der Waals surface area (Å²) in [5.74, 6) is -0.436. The monoisotopic (exact) mass is 214 g/mol. The molecule has 0 bridgehead atoms. The maximum Gasteiger partial charge on any atom is 0.325 e. The van der Waals surface area contributed by atoms with Gasteiger partial charge >= 0.3 is 5.97 Å². The first-order chi connectivity index (χ1) is 6.50. The number of aliphatic carboxylic acids is 1. The van der Waals surface area contributed by atoms with Crippen LogP contribution in [0.15, 0.2) is 6.20 Å². The van der Waals surface area contributed by atoms with E-state index < -0.39 is 12.0 Å². The van der Waals surface area contributed by atoms with Crippen LogP contribution in [0.25, 0.3) is 0 Å². The lowest BCUT2D eigenvalue weighted by molar-refractivity contribution is -0.137. The number of carbonyl (C=O) groups is 1. The third-order valence-electron chi connectivity index (χ3n) is 1.80. The number of hydrogen-bond donors (Lipinski definition) is 2. The molecule has 0 saturated carbocycles. The van der Waals surface area contributed by atoms with Crippen LogP contribution < -0.4 is 5.32 Å². The van der Waals surface area contributed by atoms with Crippen LogP contribution in [0.5, 0.6) is 0 Å². The van der Waals surface area contributed by atoms with E-state index in [1.807, 2.05) is 0 Å². The molecule has 0 aliphatic carbocycles. The number of nitrogens with zero attached hydrogens (tertiary/aromatic N) is 1. The van der Waals surface area contributed by atoms with Gasteiger partial charge in [-0.05, 0) is 12.8 Å². The molecule has 0 fully saturated rings. The second kappa shape index (κ2) is 4.41. The van der Waals surface area contributed by atoms with Crippen molar-refractivity contribution in [2.75, 3.05) is 5.32 Å². The molecule has 2 N–H and O–H groups in total. The van der Waals surface area contributed by atoms with Crippen LogP contribution >= 0.6 is 11.3 Å². The third-order valence-corrected chi connectivity index (χ3v) is 3.03. The highest BCUT2D eigenvalue weighted by atomic mass is 32.1. The summed E-state index contributed by atoms with van der Waals surface area (Å²) in [5.41, 5.74) is 0. The molecule has 0 aliphatic rings. The maximum atomic E-state index is 10.6. The molecule has 5 heteroatoms. The Labute approximate surface area is 87.0 Å². The van der Waals surface area contributed by atoms with Gasteiger partial charge in [0.25, 0.3) is 0 Å². The van der Waals surface area contributed by atoms with E-state index in [1.54, 1.807) is 13.1 Å². The van der Waals surface area contributed by atoms with Crippen LogP contribution in [0.2, 0.25) is 0 Å². The van der Waals surface area contributed by atoms with E-state index in [1.165, 1.54) is 11.3 Å². The van der Waals surface area contributed by atoms with Gasteiger partial charge in [-0.3, -0.25) is 4.79 Å². The highest BCUT2D eigenvalue weighted by Crippen LogP contribution is 2.25. The van der Waals surface area contributed by atoms with E-state index in [2.05, 4.69) is 24.1 Å². The van der Waals surface area contributed by atoms with E-state index in [0.717, 1.165) is 4.88 Å². The van der Waals surface area contributed by atoms with Crippen LogP contribution in [0, 0.1) is 0 Å². The van der Waals surface area contributed by atoms with Crippen LogP contribution in [-0.4, -0.2) is 22.1 Å². The maximum absolute atomic E-state index is 10.6. The number of thiazole rings is 1. The van der Waals surface area contributed by atoms with Crippen molar-refractivity contribution in [1.29, 1.82) is 0 Å². The Morgan fingerprint density at radius 1 is 1.57 bits per heavy atom. The zero-order valence-electron chi connectivity index (χ0n) is 8.44. The van der Waals surface area contributed by atoms with Gasteiger partial charge in [-0.2, -0.15) is 0 Å². The van der Waals surface area contributed by atoms with Gasteiger partial charge in [-0.15, -0.1) is 11.3 Å². The van der Waals surface area contributed by atoms with E-state index in [-0.39, 0.29) is 0 Å². The second-order valence-corrected chi connectivity index (χ2v) is 4.49. The molecule has 0 unspecified atom stereocenters. The normalized spacial score (nSPS) is 12.9. The fourth-order valence-corrected chi connectivity index (χ4v) is 1.77. The average Bonchev–Trinajstić information content (AvgIpc) is 2.52. The number of anilines is 1. The van der Waals surface area contributed by atoms with Gasteiger partial charge < -0.3 is 10.4 Å². The first kappa shape index (κ1) is 11.0. The summed E-state index contributed by atoms with van der Waals surface area (Å²) < 4.78 is 0. The standard InChI is InChI=1S/C9H14N2O2S/c1-5(2)7-4-10-9(14-7)11-6(3)8(12)13/h4-6H,1-3H3,(H,10,11)(H,12,13)/t6-/m0/s1. The molecule has 78 valence electrons. The lowest BCUT2D eigenvalue weighted by Crippen LogP contribution is -2.25. The van der Waals surface area contributed by atoms with Gasteiger partial charge in [-0.1, -0.05) is 13.8 Å². The number of aromatic nitrogens is 1. The zero-order chi connectivity index (χ0) is 10.7. The predicted molar refractivity (Wildman–Crippen MR) is 56.9 cm³/mol. The zero-order valence-corrected chi connectivity index (χ0v) is 9.26. The Morgan fingerprint density at radius 3 is 2.64 bits per heavy atom. The molecular formula is C9H14N2O2S. The van der Waals surface area contributed by atoms with Gasteiger partial charge in [0.1, 0.15) is 6.04 Å². The van der Waals surface area contributed by atoms with Gasteiger partial charge in [-0.25, -0.2) is 4.98 Å². The van der Waals surface area contributed by atoms with Crippen molar-refractivity contribution >= 4 is 22.4 Å². The molecule has 0 aliphatic heterocycles. The lowest BCUT2D eigenvalue weighted by atomic mass is 10.2. The van der Waals surface area contributed by atoms with Crippen molar-refractivity contribution in [3.63, 3.8) is 0 Å². The van der Waals surface area contributed by atoms with Crippen molar-refractivity contribution in [2.45, 2.75) is 32.7 Å². The summed E-state index contributed by atoms with van der Waals surface area (Å²) in [6.07, 6.45) is 1.78. The first-order valence-electron chi connectivity index (χ1n) is 4.45. The molecule has 0 saturated heterocycles. The molecule has 1 aromatic rings. The van der Waals surface area contributed by atoms with E-state index in [0.29, 0.717) is 11.0 Å². The number of rotatable bonds is 4. The van der Waals surface area contributed by atoms with Crippen molar-refractivity contribution in [3.8, 4) is 0 Å². The van der Waals surface area contributed by atoms with Crippen molar-refractivity contribution < 1.29 is 9.90 Å². The fourth-order valence-electron chi connectivity index (χ4n) is 0.867. The minimum atomic E-state index is -0.869. The van der Waals surface area contributed by atoms with Crippen LogP contribution in [0.1, 0.15) is 31.6 Å². The highest BCUT2D eigenvalue weighted by molar-refractivity contribution is 7.15. The lowest BCUT2D eigenvalue weighted by Gasteiger charge is -2.06. The molecule has 0 radical (unpaired) electrons. The van der Waals surface area contributed by atoms with Crippen molar-refractivity contribution in [1.82, 2.24) is 4.98 Å². The summed E-state index contributed by atoms with van der Waals surface area (Å²) in [5, 5.41) is 12.2. The van der Waals surface area contributed by atoms with Crippen LogP contribution in [0.4, 0.5) is 5.13 Å². The number of nitrogens with one attached hydrogen (secondary N) is 1. The second-order valence-electron chi connectivity index (χ2n) is 3.43. The van der Waals surface area contributed by atoms with Gasteiger partial charge in [0.2, 0.25) is 0 Å². The van der Waals surface area contributed by atoms with Gasteiger partial charge in [0.05, 0.1) is 0 Å². The molecule has 0 amide bonds. The Balaban J connectivity index is 2.64. The third kappa shape index (κ3) is 2.70. The molecule has 4 nitrogen and oxygen atoms in total. The topological polar surface area (TPSA) is 62.2 Å². The molecule has 1 aromatic heterocycles. The SMILES string of the molecule is CC(C)c1cnc(N[C@@H](C)C(=O)O)s1. The summed E-state index contributed by atoms with van der Waals surface area (Å²) >= 11 is 1.50. The molecule has 1 atom stereocenters. The van der Waals surface area contributed by atoms with Crippen molar-refractivity contribution in [2.24, 2.45) is 0 Å².